The Hall–Kier alpha value is -1.39. The van der Waals surface area contributed by atoms with Gasteiger partial charge < -0.3 is 14.4 Å². The van der Waals surface area contributed by atoms with Crippen LogP contribution in [0.25, 0.3) is 0 Å². The van der Waals surface area contributed by atoms with Gasteiger partial charge in [0.05, 0.1) is 18.7 Å². The summed E-state index contributed by atoms with van der Waals surface area (Å²) in [4.78, 5) is 14.2. The van der Waals surface area contributed by atoms with Crippen molar-refractivity contribution in [3.05, 3.63) is 35.9 Å². The topological polar surface area (TPSA) is 38.8 Å². The molecule has 1 amide bonds. The first-order chi connectivity index (χ1) is 9.27. The lowest BCUT2D eigenvalue weighted by atomic mass is 9.97. The Kier molecular flexibility index (Phi) is 3.53. The smallest absolute Gasteiger partial charge is 0.249 e. The molecule has 0 unspecified atom stereocenters. The molecule has 1 aromatic rings. The molecule has 2 aliphatic heterocycles. The maximum atomic E-state index is 12.2. The molecule has 4 heteroatoms. The highest BCUT2D eigenvalue weighted by Crippen LogP contribution is 2.30. The summed E-state index contributed by atoms with van der Waals surface area (Å²) in [6, 6.07) is 10.4. The van der Waals surface area contributed by atoms with Crippen LogP contribution in [0.2, 0.25) is 0 Å². The third-order valence-electron chi connectivity index (χ3n) is 4.03. The molecule has 2 aliphatic rings. The maximum absolute atomic E-state index is 12.2. The van der Waals surface area contributed by atoms with Crippen molar-refractivity contribution >= 4 is 5.91 Å². The van der Waals surface area contributed by atoms with Gasteiger partial charge in [0, 0.05) is 6.61 Å². The fourth-order valence-electron chi connectivity index (χ4n) is 3.01. The van der Waals surface area contributed by atoms with Gasteiger partial charge in [-0.05, 0) is 18.9 Å². The van der Waals surface area contributed by atoms with E-state index in [4.69, 9.17) is 9.47 Å². The van der Waals surface area contributed by atoms with E-state index in [1.165, 1.54) is 5.56 Å². The Morgan fingerprint density at radius 1 is 1.32 bits per heavy atom. The van der Waals surface area contributed by atoms with E-state index in [0.29, 0.717) is 13.2 Å². The molecular weight excluding hydrogens is 242 g/mol. The molecule has 0 N–H and O–H groups in total. The van der Waals surface area contributed by atoms with Crippen LogP contribution in [0.15, 0.2) is 30.3 Å². The molecule has 0 aromatic heterocycles. The zero-order chi connectivity index (χ0) is 13.2. The van der Waals surface area contributed by atoms with Crippen LogP contribution in [0, 0.1) is 0 Å². The van der Waals surface area contributed by atoms with Crippen LogP contribution in [-0.2, 0) is 14.3 Å². The zero-order valence-corrected chi connectivity index (χ0v) is 11.1. The third kappa shape index (κ3) is 2.38. The minimum atomic E-state index is 0.0256. The number of hydrogen-bond donors (Lipinski definition) is 0. The molecule has 0 radical (unpaired) electrons. The Balaban J connectivity index is 1.85. The van der Waals surface area contributed by atoms with Crippen molar-refractivity contribution in [3.63, 3.8) is 0 Å². The van der Waals surface area contributed by atoms with Gasteiger partial charge in [0.1, 0.15) is 12.7 Å². The Bertz CT molecular complexity index is 448. The molecule has 0 spiro atoms. The molecule has 1 aromatic carbocycles. The standard InChI is InChI=1S/C15H19NO3/c1-11(12-5-3-2-4-6-12)16-13-7-8-18-9-14(13)19-10-15(16)17/h2-6,11,13-14H,7-10H2,1H3/t11-,13-,14-/m0/s1. The second-order valence-electron chi connectivity index (χ2n) is 5.17. The van der Waals surface area contributed by atoms with Crippen molar-refractivity contribution in [2.45, 2.75) is 31.5 Å². The molecule has 2 heterocycles. The second-order valence-corrected chi connectivity index (χ2v) is 5.17. The average molecular weight is 261 g/mol. The number of morpholine rings is 1. The fraction of sp³-hybridized carbons (Fsp3) is 0.533. The molecule has 0 aliphatic carbocycles. The summed E-state index contributed by atoms with van der Waals surface area (Å²) in [5.74, 6) is 0.0829. The number of amides is 1. The number of rotatable bonds is 2. The Labute approximate surface area is 113 Å². The second kappa shape index (κ2) is 5.31. The van der Waals surface area contributed by atoms with Crippen molar-refractivity contribution in [3.8, 4) is 0 Å². The summed E-state index contributed by atoms with van der Waals surface area (Å²) in [6.07, 6.45) is 0.880. The van der Waals surface area contributed by atoms with Crippen LogP contribution in [0.1, 0.15) is 24.9 Å². The molecule has 102 valence electrons. The SMILES string of the molecule is C[C@@H](c1ccccc1)N1C(=O)CO[C@H]2COCC[C@@H]21. The highest BCUT2D eigenvalue weighted by molar-refractivity contribution is 5.79. The molecule has 0 saturated carbocycles. The van der Waals surface area contributed by atoms with Crippen molar-refractivity contribution in [1.82, 2.24) is 4.90 Å². The van der Waals surface area contributed by atoms with Crippen LogP contribution in [0.4, 0.5) is 0 Å². The van der Waals surface area contributed by atoms with Crippen LogP contribution < -0.4 is 0 Å². The number of carbonyl (C=O) groups excluding carboxylic acids is 1. The van der Waals surface area contributed by atoms with Gasteiger partial charge in [0.2, 0.25) is 5.91 Å². The minimum Gasteiger partial charge on any atom is -0.379 e. The van der Waals surface area contributed by atoms with Crippen LogP contribution >= 0.6 is 0 Å². The van der Waals surface area contributed by atoms with Gasteiger partial charge in [-0.3, -0.25) is 4.79 Å². The number of ether oxygens (including phenoxy) is 2. The van der Waals surface area contributed by atoms with E-state index in [1.54, 1.807) is 0 Å². The summed E-state index contributed by atoms with van der Waals surface area (Å²) in [6.45, 7) is 3.55. The van der Waals surface area contributed by atoms with Crippen LogP contribution in [-0.4, -0.2) is 42.8 Å². The third-order valence-corrected chi connectivity index (χ3v) is 4.03. The predicted octanol–water partition coefficient (Wildman–Crippen LogP) is 1.76. The largest absolute Gasteiger partial charge is 0.379 e. The summed E-state index contributed by atoms with van der Waals surface area (Å²) in [7, 11) is 0. The van der Waals surface area contributed by atoms with Crippen molar-refractivity contribution in [1.29, 1.82) is 0 Å². The maximum Gasteiger partial charge on any atom is 0.249 e. The highest BCUT2D eigenvalue weighted by atomic mass is 16.5. The van der Waals surface area contributed by atoms with E-state index in [1.807, 2.05) is 23.1 Å². The van der Waals surface area contributed by atoms with Crippen molar-refractivity contribution in [2.24, 2.45) is 0 Å². The summed E-state index contributed by atoms with van der Waals surface area (Å²) < 4.78 is 11.0. The van der Waals surface area contributed by atoms with Gasteiger partial charge in [0.15, 0.2) is 0 Å². The molecule has 2 saturated heterocycles. The molecule has 0 bridgehead atoms. The lowest BCUT2D eigenvalue weighted by Gasteiger charge is -2.46. The van der Waals surface area contributed by atoms with Crippen LogP contribution in [0.3, 0.4) is 0 Å². The Morgan fingerprint density at radius 3 is 2.89 bits per heavy atom. The molecule has 4 nitrogen and oxygen atoms in total. The quantitative estimate of drug-likeness (QED) is 0.814. The van der Waals surface area contributed by atoms with E-state index in [9.17, 15) is 4.79 Å². The molecule has 3 rings (SSSR count). The van der Waals surface area contributed by atoms with E-state index in [0.717, 1.165) is 6.42 Å². The van der Waals surface area contributed by atoms with E-state index in [-0.39, 0.29) is 30.7 Å². The normalized spacial score (nSPS) is 28.9. The number of fused-ring (bicyclic) bond motifs is 1. The minimum absolute atomic E-state index is 0.0256. The number of carbonyl (C=O) groups is 1. The lowest BCUT2D eigenvalue weighted by Crippen LogP contribution is -2.58. The van der Waals surface area contributed by atoms with E-state index < -0.39 is 0 Å². The molecule has 19 heavy (non-hydrogen) atoms. The molecule has 2 fully saturated rings. The first-order valence-corrected chi connectivity index (χ1v) is 6.83. The first-order valence-electron chi connectivity index (χ1n) is 6.83. The van der Waals surface area contributed by atoms with Gasteiger partial charge >= 0.3 is 0 Å². The van der Waals surface area contributed by atoms with Gasteiger partial charge in [-0.15, -0.1) is 0 Å². The van der Waals surface area contributed by atoms with Gasteiger partial charge in [0.25, 0.3) is 0 Å². The lowest BCUT2D eigenvalue weighted by molar-refractivity contribution is -0.176. The number of benzene rings is 1. The molecule has 3 atom stereocenters. The average Bonchev–Trinajstić information content (AvgIpc) is 2.47. The molecular formula is C15H19NO3. The zero-order valence-electron chi connectivity index (χ0n) is 11.1. The summed E-state index contributed by atoms with van der Waals surface area (Å²) in [5, 5.41) is 0. The number of hydrogen-bond acceptors (Lipinski definition) is 3. The monoisotopic (exact) mass is 261 g/mol. The van der Waals surface area contributed by atoms with E-state index >= 15 is 0 Å². The number of nitrogens with zero attached hydrogens (tertiary/aromatic N) is 1. The fourth-order valence-corrected chi connectivity index (χ4v) is 3.01. The summed E-state index contributed by atoms with van der Waals surface area (Å²) in [5.41, 5.74) is 1.17. The highest BCUT2D eigenvalue weighted by Gasteiger charge is 2.41. The first kappa shape index (κ1) is 12.6. The van der Waals surface area contributed by atoms with Crippen molar-refractivity contribution in [2.75, 3.05) is 19.8 Å². The van der Waals surface area contributed by atoms with E-state index in [2.05, 4.69) is 19.1 Å². The van der Waals surface area contributed by atoms with Gasteiger partial charge in [-0.1, -0.05) is 30.3 Å². The van der Waals surface area contributed by atoms with Gasteiger partial charge in [-0.25, -0.2) is 0 Å². The van der Waals surface area contributed by atoms with Crippen molar-refractivity contribution < 1.29 is 14.3 Å². The van der Waals surface area contributed by atoms with Gasteiger partial charge in [-0.2, -0.15) is 0 Å². The predicted molar refractivity (Wildman–Crippen MR) is 70.7 cm³/mol. The Morgan fingerprint density at radius 2 is 2.11 bits per heavy atom. The summed E-state index contributed by atoms with van der Waals surface area (Å²) >= 11 is 0. The van der Waals surface area contributed by atoms with Crippen LogP contribution in [0.5, 0.6) is 0 Å².